The zero-order valence-electron chi connectivity index (χ0n) is 8.58. The van der Waals surface area contributed by atoms with Gasteiger partial charge in [-0.3, -0.25) is 0 Å². The molecule has 0 saturated heterocycles. The number of hydrogen-bond acceptors (Lipinski definition) is 4. The molecule has 2 aromatic rings. The van der Waals surface area contributed by atoms with Crippen molar-refractivity contribution in [3.05, 3.63) is 45.7 Å². The highest BCUT2D eigenvalue weighted by Gasteiger charge is 2.05. The molecule has 86 valence electrons. The Kier molecular flexibility index (Phi) is 3.57. The van der Waals surface area contributed by atoms with E-state index in [4.69, 9.17) is 16.9 Å². The number of benzene rings is 1. The molecule has 0 atom stereocenters. The minimum Gasteiger partial charge on any atom is -0.357 e. The molecule has 17 heavy (non-hydrogen) atoms. The average Bonchev–Trinajstić information content (AvgIpc) is 2.73. The highest BCUT2D eigenvalue weighted by atomic mass is 35.5. The molecular formula is C11H7ClFN3S. The maximum absolute atomic E-state index is 13.5. The number of nitriles is 1. The van der Waals surface area contributed by atoms with Gasteiger partial charge < -0.3 is 5.32 Å². The molecule has 0 aliphatic heterocycles. The fraction of sp³-hybridized carbons (Fsp3) is 0.0909. The van der Waals surface area contributed by atoms with Crippen LogP contribution in [-0.2, 0) is 6.54 Å². The highest BCUT2D eigenvalue weighted by Crippen LogP contribution is 2.20. The minimum absolute atomic E-state index is 0.307. The summed E-state index contributed by atoms with van der Waals surface area (Å²) in [7, 11) is 0. The van der Waals surface area contributed by atoms with Gasteiger partial charge in [0.1, 0.15) is 11.0 Å². The number of thiazole rings is 1. The Labute approximate surface area is 106 Å². The Morgan fingerprint density at radius 1 is 1.53 bits per heavy atom. The van der Waals surface area contributed by atoms with Crippen molar-refractivity contribution in [2.45, 2.75) is 6.54 Å². The third kappa shape index (κ3) is 2.93. The van der Waals surface area contributed by atoms with E-state index in [1.54, 1.807) is 17.5 Å². The number of hydrogen-bond donors (Lipinski definition) is 1. The first kappa shape index (κ1) is 11.8. The summed E-state index contributed by atoms with van der Waals surface area (Å²) in [5, 5.41) is 14.3. The second-order valence-electron chi connectivity index (χ2n) is 3.25. The van der Waals surface area contributed by atoms with E-state index in [9.17, 15) is 4.39 Å². The molecule has 0 spiro atoms. The maximum atomic E-state index is 13.5. The zero-order valence-corrected chi connectivity index (χ0v) is 10.1. The van der Waals surface area contributed by atoms with Crippen molar-refractivity contribution in [3.63, 3.8) is 0 Å². The zero-order chi connectivity index (χ0) is 12.3. The molecule has 1 heterocycles. The lowest BCUT2D eigenvalue weighted by molar-refractivity contribution is 0.612. The van der Waals surface area contributed by atoms with Crippen LogP contribution in [-0.4, -0.2) is 4.98 Å². The Morgan fingerprint density at radius 2 is 2.35 bits per heavy atom. The Bertz CT molecular complexity index is 576. The fourth-order valence-electron chi connectivity index (χ4n) is 1.27. The number of rotatable bonds is 3. The van der Waals surface area contributed by atoms with Crippen molar-refractivity contribution in [3.8, 4) is 6.07 Å². The summed E-state index contributed by atoms with van der Waals surface area (Å²) in [6.45, 7) is 0.307. The summed E-state index contributed by atoms with van der Waals surface area (Å²) in [4.78, 5) is 3.99. The molecule has 1 aromatic heterocycles. The first-order valence-electron chi connectivity index (χ1n) is 4.72. The Hall–Kier alpha value is -1.64. The number of aromatic nitrogens is 1. The molecule has 1 aromatic carbocycles. The molecule has 2 rings (SSSR count). The first-order valence-corrected chi connectivity index (χ1v) is 5.98. The van der Waals surface area contributed by atoms with Gasteiger partial charge in [0, 0.05) is 17.5 Å². The van der Waals surface area contributed by atoms with Crippen LogP contribution in [0.2, 0.25) is 5.15 Å². The van der Waals surface area contributed by atoms with Crippen LogP contribution >= 0.6 is 22.9 Å². The van der Waals surface area contributed by atoms with Gasteiger partial charge in [0.05, 0.1) is 11.6 Å². The lowest BCUT2D eigenvalue weighted by atomic mass is 10.1. The van der Waals surface area contributed by atoms with Gasteiger partial charge >= 0.3 is 0 Å². The predicted molar refractivity (Wildman–Crippen MR) is 65.6 cm³/mol. The van der Waals surface area contributed by atoms with Crippen molar-refractivity contribution in [1.29, 1.82) is 5.26 Å². The summed E-state index contributed by atoms with van der Waals surface area (Å²) in [6, 6.07) is 6.26. The smallest absolute Gasteiger partial charge is 0.184 e. The van der Waals surface area contributed by atoms with Crippen LogP contribution in [0.5, 0.6) is 0 Å². The van der Waals surface area contributed by atoms with Gasteiger partial charge in [-0.25, -0.2) is 9.37 Å². The van der Waals surface area contributed by atoms with E-state index in [1.807, 2.05) is 6.07 Å². The minimum atomic E-state index is -0.404. The molecule has 0 aliphatic carbocycles. The predicted octanol–water partition coefficient (Wildman–Crippen LogP) is 3.42. The standard InChI is InChI=1S/C11H7ClFN3S/c12-10-6-17-11(16-10)15-5-8-2-1-7(4-14)3-9(8)13/h1-3,6H,5H2,(H,15,16). The van der Waals surface area contributed by atoms with E-state index in [2.05, 4.69) is 10.3 Å². The molecule has 0 radical (unpaired) electrons. The number of anilines is 1. The summed E-state index contributed by atoms with van der Waals surface area (Å²) < 4.78 is 13.5. The molecule has 6 heteroatoms. The van der Waals surface area contributed by atoms with Gasteiger partial charge in [0.25, 0.3) is 0 Å². The van der Waals surface area contributed by atoms with Crippen molar-refractivity contribution in [1.82, 2.24) is 4.98 Å². The maximum Gasteiger partial charge on any atom is 0.184 e. The van der Waals surface area contributed by atoms with Gasteiger partial charge in [-0.1, -0.05) is 17.7 Å². The van der Waals surface area contributed by atoms with Crippen LogP contribution in [0.4, 0.5) is 9.52 Å². The van der Waals surface area contributed by atoms with Gasteiger partial charge in [0.15, 0.2) is 5.13 Å². The second-order valence-corrected chi connectivity index (χ2v) is 4.49. The van der Waals surface area contributed by atoms with Gasteiger partial charge in [-0.15, -0.1) is 11.3 Å². The van der Waals surface area contributed by atoms with E-state index in [0.717, 1.165) is 0 Å². The Morgan fingerprint density at radius 3 is 2.94 bits per heavy atom. The highest BCUT2D eigenvalue weighted by molar-refractivity contribution is 7.14. The normalized spacial score (nSPS) is 9.94. The van der Waals surface area contributed by atoms with Crippen LogP contribution in [0.3, 0.4) is 0 Å². The largest absolute Gasteiger partial charge is 0.357 e. The summed E-state index contributed by atoms with van der Waals surface area (Å²) in [6.07, 6.45) is 0. The van der Waals surface area contributed by atoms with Crippen molar-refractivity contribution in [2.75, 3.05) is 5.32 Å². The van der Waals surface area contributed by atoms with Crippen molar-refractivity contribution < 1.29 is 4.39 Å². The van der Waals surface area contributed by atoms with Crippen LogP contribution in [0.1, 0.15) is 11.1 Å². The quantitative estimate of drug-likeness (QED) is 0.927. The molecule has 1 N–H and O–H groups in total. The lowest BCUT2D eigenvalue weighted by Gasteiger charge is -2.04. The van der Waals surface area contributed by atoms with Gasteiger partial charge in [-0.05, 0) is 12.1 Å². The average molecular weight is 268 g/mol. The van der Waals surface area contributed by atoms with Crippen LogP contribution in [0.15, 0.2) is 23.6 Å². The van der Waals surface area contributed by atoms with E-state index in [1.165, 1.54) is 17.4 Å². The van der Waals surface area contributed by atoms with Crippen molar-refractivity contribution in [2.24, 2.45) is 0 Å². The molecule has 0 amide bonds. The first-order chi connectivity index (χ1) is 8.19. The van der Waals surface area contributed by atoms with Crippen LogP contribution in [0.25, 0.3) is 0 Å². The summed E-state index contributed by atoms with van der Waals surface area (Å²) >= 11 is 7.02. The van der Waals surface area contributed by atoms with E-state index in [-0.39, 0.29) is 0 Å². The van der Waals surface area contributed by atoms with Crippen LogP contribution < -0.4 is 5.32 Å². The lowest BCUT2D eigenvalue weighted by Crippen LogP contribution is -2.01. The third-order valence-corrected chi connectivity index (χ3v) is 3.21. The van der Waals surface area contributed by atoms with Crippen molar-refractivity contribution >= 4 is 28.1 Å². The molecule has 0 fully saturated rings. The Balaban J connectivity index is 2.07. The number of nitrogens with zero attached hydrogens (tertiary/aromatic N) is 2. The molecule has 0 saturated carbocycles. The molecule has 0 aliphatic rings. The van der Waals surface area contributed by atoms with Gasteiger partial charge in [-0.2, -0.15) is 5.26 Å². The monoisotopic (exact) mass is 267 g/mol. The number of halogens is 2. The van der Waals surface area contributed by atoms with Gasteiger partial charge in [0.2, 0.25) is 0 Å². The molecular weight excluding hydrogens is 261 g/mol. The topological polar surface area (TPSA) is 48.7 Å². The van der Waals surface area contributed by atoms with E-state index in [0.29, 0.717) is 28.0 Å². The summed E-state index contributed by atoms with van der Waals surface area (Å²) in [5.41, 5.74) is 0.791. The third-order valence-electron chi connectivity index (χ3n) is 2.09. The fourth-order valence-corrected chi connectivity index (χ4v) is 2.10. The van der Waals surface area contributed by atoms with Crippen LogP contribution in [0, 0.1) is 17.1 Å². The number of nitrogens with one attached hydrogen (secondary N) is 1. The molecule has 3 nitrogen and oxygen atoms in total. The van der Waals surface area contributed by atoms with E-state index >= 15 is 0 Å². The molecule has 0 bridgehead atoms. The van der Waals surface area contributed by atoms with E-state index < -0.39 is 5.82 Å². The SMILES string of the molecule is N#Cc1ccc(CNc2nc(Cl)cs2)c(F)c1. The second kappa shape index (κ2) is 5.13. The molecule has 0 unspecified atom stereocenters. The summed E-state index contributed by atoms with van der Waals surface area (Å²) in [5.74, 6) is -0.404.